The van der Waals surface area contributed by atoms with Crippen LogP contribution >= 0.6 is 0 Å². The molecule has 19 heavy (non-hydrogen) atoms. The van der Waals surface area contributed by atoms with Crippen molar-refractivity contribution in [2.45, 2.75) is 24.4 Å². The Hall–Kier alpha value is -1.13. The molecule has 0 aromatic heterocycles. The minimum Gasteiger partial charge on any atom is -0.490 e. The van der Waals surface area contributed by atoms with Crippen LogP contribution in [0.1, 0.15) is 24.3 Å². The number of hydrogen-bond acceptors (Lipinski definition) is 3. The fourth-order valence-corrected chi connectivity index (χ4v) is 2.70. The summed E-state index contributed by atoms with van der Waals surface area (Å²) in [4.78, 5) is 0. The minimum atomic E-state index is -1.29. The van der Waals surface area contributed by atoms with Gasteiger partial charge in [0.2, 0.25) is 0 Å². The first-order chi connectivity index (χ1) is 9.27. The Morgan fingerprint density at radius 3 is 2.68 bits per heavy atom. The lowest BCUT2D eigenvalue weighted by atomic mass is 9.89. The second kappa shape index (κ2) is 5.47. The van der Waals surface area contributed by atoms with Crippen molar-refractivity contribution in [2.24, 2.45) is 0 Å². The number of ether oxygens (including phenoxy) is 2. The highest BCUT2D eigenvalue weighted by atomic mass is 19.1. The molecule has 2 aliphatic rings. The maximum Gasteiger partial charge on any atom is 0.190 e. The van der Waals surface area contributed by atoms with Crippen molar-refractivity contribution >= 4 is 0 Å². The van der Waals surface area contributed by atoms with Crippen LogP contribution in [-0.2, 0) is 4.74 Å². The van der Waals surface area contributed by atoms with Gasteiger partial charge in [-0.25, -0.2) is 4.39 Å². The fraction of sp³-hybridized carbons (Fsp3) is 0.600. The summed E-state index contributed by atoms with van der Waals surface area (Å²) < 4.78 is 24.5. The van der Waals surface area contributed by atoms with Gasteiger partial charge in [-0.2, -0.15) is 0 Å². The van der Waals surface area contributed by atoms with E-state index >= 15 is 0 Å². The molecule has 3 nitrogen and oxygen atoms in total. The van der Waals surface area contributed by atoms with E-state index in [1.54, 1.807) is 0 Å². The average Bonchev–Trinajstić information content (AvgIpc) is 2.44. The molecule has 3 rings (SSSR count). The van der Waals surface area contributed by atoms with Crippen LogP contribution in [0.3, 0.4) is 0 Å². The molecule has 0 atom stereocenters. The summed E-state index contributed by atoms with van der Waals surface area (Å²) in [5.41, 5.74) is -0.0749. The number of para-hydroxylation sites is 1. The maximum atomic E-state index is 13.9. The van der Waals surface area contributed by atoms with Crippen LogP contribution in [0.4, 0.5) is 4.39 Å². The predicted octanol–water partition coefficient (Wildman–Crippen LogP) is 2.27. The molecule has 2 saturated heterocycles. The van der Waals surface area contributed by atoms with Crippen LogP contribution < -0.4 is 10.1 Å². The number of nitrogens with one attached hydrogen (secondary N) is 1. The van der Waals surface area contributed by atoms with Crippen molar-refractivity contribution in [1.82, 2.24) is 5.32 Å². The highest BCUT2D eigenvalue weighted by Gasteiger charge is 2.40. The van der Waals surface area contributed by atoms with Crippen LogP contribution in [0, 0.1) is 0 Å². The van der Waals surface area contributed by atoms with Crippen molar-refractivity contribution in [3.8, 4) is 5.75 Å². The zero-order valence-electron chi connectivity index (χ0n) is 11.0. The molecule has 0 amide bonds. The van der Waals surface area contributed by atoms with Crippen LogP contribution in [0.5, 0.6) is 5.75 Å². The molecule has 2 heterocycles. The normalized spacial score (nSPS) is 22.8. The van der Waals surface area contributed by atoms with Crippen LogP contribution in [0.2, 0.25) is 0 Å². The first-order valence-electron chi connectivity index (χ1n) is 6.96. The van der Waals surface area contributed by atoms with Gasteiger partial charge in [0.15, 0.2) is 5.67 Å². The standard InChI is InChI=1S/C15H20FNO2/c16-15(9-18-10-15)11-19-14-4-2-1-3-13(14)12-5-7-17-8-6-12/h1-4,12,17H,5-11H2. The highest BCUT2D eigenvalue weighted by molar-refractivity contribution is 5.36. The van der Waals surface area contributed by atoms with Gasteiger partial charge in [-0.05, 0) is 43.5 Å². The number of rotatable bonds is 4. The van der Waals surface area contributed by atoms with Gasteiger partial charge >= 0.3 is 0 Å². The monoisotopic (exact) mass is 265 g/mol. The van der Waals surface area contributed by atoms with Gasteiger partial charge in [0.25, 0.3) is 0 Å². The SMILES string of the molecule is FC1(COc2ccccc2C2CCNCC2)COC1. The zero-order valence-corrected chi connectivity index (χ0v) is 11.0. The minimum absolute atomic E-state index is 0.0922. The first-order valence-corrected chi connectivity index (χ1v) is 6.96. The zero-order chi connectivity index (χ0) is 13.1. The van der Waals surface area contributed by atoms with E-state index in [1.165, 1.54) is 5.56 Å². The first kappa shape index (κ1) is 12.9. The topological polar surface area (TPSA) is 30.5 Å². The lowest BCUT2D eigenvalue weighted by Crippen LogP contribution is -2.50. The third-order valence-corrected chi connectivity index (χ3v) is 3.91. The third-order valence-electron chi connectivity index (χ3n) is 3.91. The number of benzene rings is 1. The number of halogens is 1. The van der Waals surface area contributed by atoms with Crippen molar-refractivity contribution in [1.29, 1.82) is 0 Å². The van der Waals surface area contributed by atoms with Gasteiger partial charge in [-0.1, -0.05) is 18.2 Å². The Balaban J connectivity index is 1.69. The van der Waals surface area contributed by atoms with E-state index in [4.69, 9.17) is 9.47 Å². The van der Waals surface area contributed by atoms with Gasteiger partial charge in [0.1, 0.15) is 12.4 Å². The van der Waals surface area contributed by atoms with E-state index in [2.05, 4.69) is 11.4 Å². The van der Waals surface area contributed by atoms with E-state index in [0.717, 1.165) is 31.7 Å². The molecule has 0 saturated carbocycles. The van der Waals surface area contributed by atoms with E-state index in [0.29, 0.717) is 5.92 Å². The summed E-state index contributed by atoms with van der Waals surface area (Å²) in [5, 5.41) is 3.36. The largest absolute Gasteiger partial charge is 0.490 e. The van der Waals surface area contributed by atoms with Gasteiger partial charge in [-0.3, -0.25) is 0 Å². The number of piperidine rings is 1. The van der Waals surface area contributed by atoms with Crippen molar-refractivity contribution in [3.05, 3.63) is 29.8 Å². The molecule has 104 valence electrons. The number of hydrogen-bond donors (Lipinski definition) is 1. The summed E-state index contributed by atoms with van der Waals surface area (Å²) in [6.07, 6.45) is 2.23. The predicted molar refractivity (Wildman–Crippen MR) is 71.4 cm³/mol. The Kier molecular flexibility index (Phi) is 3.71. The summed E-state index contributed by atoms with van der Waals surface area (Å²) in [6, 6.07) is 8.03. The lowest BCUT2D eigenvalue weighted by Gasteiger charge is -2.34. The third kappa shape index (κ3) is 2.90. The highest BCUT2D eigenvalue weighted by Crippen LogP contribution is 2.33. The molecule has 1 aromatic rings. The molecule has 1 N–H and O–H groups in total. The van der Waals surface area contributed by atoms with Gasteiger partial charge in [-0.15, -0.1) is 0 Å². The van der Waals surface area contributed by atoms with Crippen molar-refractivity contribution in [2.75, 3.05) is 32.9 Å². The summed E-state index contributed by atoms with van der Waals surface area (Å²) in [7, 11) is 0. The Morgan fingerprint density at radius 2 is 2.00 bits per heavy atom. The Morgan fingerprint density at radius 1 is 1.26 bits per heavy atom. The Bertz CT molecular complexity index is 428. The molecule has 0 radical (unpaired) electrons. The fourth-order valence-electron chi connectivity index (χ4n) is 2.70. The molecule has 0 aliphatic carbocycles. The molecule has 2 fully saturated rings. The van der Waals surface area contributed by atoms with Gasteiger partial charge in [0.05, 0.1) is 13.2 Å². The smallest absolute Gasteiger partial charge is 0.190 e. The van der Waals surface area contributed by atoms with E-state index < -0.39 is 5.67 Å². The van der Waals surface area contributed by atoms with E-state index in [-0.39, 0.29) is 19.8 Å². The molecule has 0 bridgehead atoms. The molecule has 0 spiro atoms. The van der Waals surface area contributed by atoms with Gasteiger partial charge < -0.3 is 14.8 Å². The van der Waals surface area contributed by atoms with Crippen LogP contribution in [0.15, 0.2) is 24.3 Å². The molecular weight excluding hydrogens is 245 g/mol. The van der Waals surface area contributed by atoms with Gasteiger partial charge in [0, 0.05) is 0 Å². The maximum absolute atomic E-state index is 13.9. The molecule has 4 heteroatoms. The van der Waals surface area contributed by atoms with Crippen molar-refractivity contribution in [3.63, 3.8) is 0 Å². The number of alkyl halides is 1. The van der Waals surface area contributed by atoms with E-state index in [9.17, 15) is 4.39 Å². The van der Waals surface area contributed by atoms with Crippen molar-refractivity contribution < 1.29 is 13.9 Å². The summed E-state index contributed by atoms with van der Waals surface area (Å²) in [5.74, 6) is 1.35. The van der Waals surface area contributed by atoms with E-state index in [1.807, 2.05) is 18.2 Å². The summed E-state index contributed by atoms with van der Waals surface area (Å²) in [6.45, 7) is 2.49. The molecule has 2 aliphatic heterocycles. The quantitative estimate of drug-likeness (QED) is 0.906. The summed E-state index contributed by atoms with van der Waals surface area (Å²) >= 11 is 0. The van der Waals surface area contributed by atoms with Crippen LogP contribution in [-0.4, -0.2) is 38.6 Å². The second-order valence-electron chi connectivity index (χ2n) is 5.49. The van der Waals surface area contributed by atoms with Crippen LogP contribution in [0.25, 0.3) is 0 Å². The average molecular weight is 265 g/mol. The second-order valence-corrected chi connectivity index (χ2v) is 5.49. The molecular formula is C15H20FNO2. The molecule has 1 aromatic carbocycles. The lowest BCUT2D eigenvalue weighted by molar-refractivity contribution is -0.146. The Labute approximate surface area is 113 Å². The molecule has 0 unspecified atom stereocenters.